The number of hydrogen-bond donors (Lipinski definition) is 1. The fraction of sp³-hybridized carbons (Fsp3) is 0.130. The number of Topliss-reactive ketones (excluding diaryl/α,β-unsaturated/α-hetero) is 1. The Morgan fingerprint density at radius 2 is 1.36 bits per heavy atom. The fourth-order valence-corrected chi connectivity index (χ4v) is 2.71. The molecule has 5 heteroatoms. The van der Waals surface area contributed by atoms with Crippen LogP contribution in [0, 0.1) is 0 Å². The zero-order valence-corrected chi connectivity index (χ0v) is 15.3. The van der Waals surface area contributed by atoms with E-state index in [9.17, 15) is 14.7 Å². The van der Waals surface area contributed by atoms with Gasteiger partial charge in [0.25, 0.3) is 0 Å². The summed E-state index contributed by atoms with van der Waals surface area (Å²) in [4.78, 5) is 26.6. The van der Waals surface area contributed by atoms with E-state index in [-0.39, 0.29) is 31.2 Å². The van der Waals surface area contributed by atoms with Crippen LogP contribution in [0.25, 0.3) is 0 Å². The van der Waals surface area contributed by atoms with Gasteiger partial charge in [0, 0.05) is 12.1 Å². The standard InChI is InChI=1S/C23H21NO4/c25-21-13-11-20(12-14-21)22(26)16-24(15-18-7-3-1-4-8-18)23(27)28-17-19-9-5-2-6-10-19/h1-14,25H,15-17H2. The normalized spacial score (nSPS) is 10.3. The van der Waals surface area contributed by atoms with Gasteiger partial charge < -0.3 is 9.84 Å². The molecular formula is C23H21NO4. The SMILES string of the molecule is O=C(CN(Cc1ccccc1)C(=O)OCc1ccccc1)c1ccc(O)cc1. The maximum Gasteiger partial charge on any atom is 0.410 e. The number of phenolic OH excluding ortho intramolecular Hbond substituents is 1. The van der Waals surface area contributed by atoms with Crippen LogP contribution in [0.2, 0.25) is 0 Å². The molecule has 0 atom stereocenters. The Kier molecular flexibility index (Phi) is 6.41. The third kappa shape index (κ3) is 5.45. The number of carbonyl (C=O) groups excluding carboxylic acids is 2. The third-order valence-electron chi connectivity index (χ3n) is 4.20. The maximum atomic E-state index is 12.7. The van der Waals surface area contributed by atoms with Gasteiger partial charge in [0.1, 0.15) is 12.4 Å². The highest BCUT2D eigenvalue weighted by Gasteiger charge is 2.20. The second-order valence-electron chi connectivity index (χ2n) is 6.35. The Labute approximate surface area is 163 Å². The average Bonchev–Trinajstić information content (AvgIpc) is 2.73. The van der Waals surface area contributed by atoms with E-state index in [4.69, 9.17) is 4.74 Å². The molecule has 0 fully saturated rings. The molecule has 0 spiro atoms. The van der Waals surface area contributed by atoms with Gasteiger partial charge in [-0.1, -0.05) is 60.7 Å². The van der Waals surface area contributed by atoms with Gasteiger partial charge in [0.15, 0.2) is 5.78 Å². The molecular weight excluding hydrogens is 354 g/mol. The van der Waals surface area contributed by atoms with E-state index in [1.165, 1.54) is 29.2 Å². The van der Waals surface area contributed by atoms with Gasteiger partial charge in [-0.2, -0.15) is 0 Å². The predicted octanol–water partition coefficient (Wildman–Crippen LogP) is 4.41. The molecule has 0 radical (unpaired) electrons. The van der Waals surface area contributed by atoms with Crippen LogP contribution in [-0.4, -0.2) is 28.4 Å². The van der Waals surface area contributed by atoms with Crippen molar-refractivity contribution in [2.45, 2.75) is 13.2 Å². The topological polar surface area (TPSA) is 66.8 Å². The summed E-state index contributed by atoms with van der Waals surface area (Å²) in [5.74, 6) is -0.146. The van der Waals surface area contributed by atoms with Crippen LogP contribution in [0.4, 0.5) is 4.79 Å². The lowest BCUT2D eigenvalue weighted by atomic mass is 10.1. The van der Waals surface area contributed by atoms with E-state index >= 15 is 0 Å². The quantitative estimate of drug-likeness (QED) is 0.621. The van der Waals surface area contributed by atoms with Gasteiger partial charge in [-0.05, 0) is 35.4 Å². The van der Waals surface area contributed by atoms with Crippen LogP contribution in [0.3, 0.4) is 0 Å². The molecule has 1 amide bonds. The summed E-state index contributed by atoms with van der Waals surface area (Å²) in [6.07, 6.45) is -0.556. The molecule has 28 heavy (non-hydrogen) atoms. The number of carbonyl (C=O) groups is 2. The van der Waals surface area contributed by atoms with Crippen LogP contribution < -0.4 is 0 Å². The molecule has 0 bridgehead atoms. The summed E-state index contributed by atoms with van der Waals surface area (Å²) >= 11 is 0. The Morgan fingerprint density at radius 1 is 0.786 bits per heavy atom. The third-order valence-corrected chi connectivity index (χ3v) is 4.20. The first-order chi connectivity index (χ1) is 13.6. The number of aromatic hydroxyl groups is 1. The van der Waals surface area contributed by atoms with Crippen molar-refractivity contribution in [2.75, 3.05) is 6.54 Å². The van der Waals surface area contributed by atoms with E-state index in [1.807, 2.05) is 60.7 Å². The molecule has 1 N–H and O–H groups in total. The molecule has 5 nitrogen and oxygen atoms in total. The Balaban J connectivity index is 1.71. The summed E-state index contributed by atoms with van der Waals surface area (Å²) in [6.45, 7) is 0.282. The number of ether oxygens (including phenoxy) is 1. The number of nitrogens with zero attached hydrogens (tertiary/aromatic N) is 1. The number of amides is 1. The van der Waals surface area contributed by atoms with Crippen molar-refractivity contribution in [3.05, 3.63) is 102 Å². The number of rotatable bonds is 7. The molecule has 0 aliphatic carbocycles. The average molecular weight is 375 g/mol. The van der Waals surface area contributed by atoms with Crippen LogP contribution in [0.5, 0.6) is 5.75 Å². The van der Waals surface area contributed by atoms with Crippen LogP contribution in [-0.2, 0) is 17.9 Å². The van der Waals surface area contributed by atoms with Crippen molar-refractivity contribution in [2.24, 2.45) is 0 Å². The highest BCUT2D eigenvalue weighted by atomic mass is 16.6. The van der Waals surface area contributed by atoms with Gasteiger partial charge in [-0.3, -0.25) is 9.69 Å². The number of ketones is 1. The fourth-order valence-electron chi connectivity index (χ4n) is 2.71. The first kappa shape index (κ1) is 19.2. The first-order valence-corrected chi connectivity index (χ1v) is 8.93. The van der Waals surface area contributed by atoms with E-state index < -0.39 is 6.09 Å². The van der Waals surface area contributed by atoms with E-state index in [2.05, 4.69) is 0 Å². The second-order valence-corrected chi connectivity index (χ2v) is 6.35. The molecule has 0 saturated heterocycles. The molecule has 3 rings (SSSR count). The minimum absolute atomic E-state index is 0.0833. The van der Waals surface area contributed by atoms with E-state index in [0.717, 1.165) is 11.1 Å². The molecule has 0 unspecified atom stereocenters. The van der Waals surface area contributed by atoms with Crippen molar-refractivity contribution in [3.8, 4) is 5.75 Å². The Hall–Kier alpha value is -3.60. The predicted molar refractivity (Wildman–Crippen MR) is 106 cm³/mol. The minimum atomic E-state index is -0.556. The molecule has 3 aromatic rings. The zero-order valence-electron chi connectivity index (χ0n) is 15.3. The van der Waals surface area contributed by atoms with Gasteiger partial charge in [0.05, 0.1) is 6.54 Å². The summed E-state index contributed by atoms with van der Waals surface area (Å²) in [5, 5.41) is 9.39. The summed E-state index contributed by atoms with van der Waals surface area (Å²) in [5.41, 5.74) is 2.20. The highest BCUT2D eigenvalue weighted by molar-refractivity contribution is 5.99. The number of phenols is 1. The summed E-state index contributed by atoms with van der Waals surface area (Å²) in [7, 11) is 0. The lowest BCUT2D eigenvalue weighted by molar-refractivity contribution is 0.0787. The van der Waals surface area contributed by atoms with Crippen molar-refractivity contribution in [1.29, 1.82) is 0 Å². The molecule has 142 valence electrons. The molecule has 0 aliphatic rings. The van der Waals surface area contributed by atoms with Gasteiger partial charge in [-0.25, -0.2) is 4.79 Å². The van der Waals surface area contributed by atoms with E-state index in [1.54, 1.807) is 0 Å². The van der Waals surface area contributed by atoms with Gasteiger partial charge in [0.2, 0.25) is 0 Å². The molecule has 0 aromatic heterocycles. The molecule has 0 aliphatic heterocycles. The van der Waals surface area contributed by atoms with E-state index in [0.29, 0.717) is 5.56 Å². The first-order valence-electron chi connectivity index (χ1n) is 8.93. The summed E-state index contributed by atoms with van der Waals surface area (Å²) < 4.78 is 5.41. The molecule has 0 heterocycles. The minimum Gasteiger partial charge on any atom is -0.508 e. The zero-order chi connectivity index (χ0) is 19.8. The van der Waals surface area contributed by atoms with Crippen molar-refractivity contribution < 1.29 is 19.4 Å². The molecule has 0 saturated carbocycles. The molecule has 3 aromatic carbocycles. The van der Waals surface area contributed by atoms with Crippen molar-refractivity contribution >= 4 is 11.9 Å². The lowest BCUT2D eigenvalue weighted by Gasteiger charge is -2.22. The van der Waals surface area contributed by atoms with Crippen molar-refractivity contribution in [3.63, 3.8) is 0 Å². The Bertz CT molecular complexity index is 908. The Morgan fingerprint density at radius 3 is 1.96 bits per heavy atom. The summed E-state index contributed by atoms with van der Waals surface area (Å²) in [6, 6.07) is 24.8. The van der Waals surface area contributed by atoms with Crippen LogP contribution in [0.1, 0.15) is 21.5 Å². The number of hydrogen-bond acceptors (Lipinski definition) is 4. The van der Waals surface area contributed by atoms with Crippen LogP contribution >= 0.6 is 0 Å². The smallest absolute Gasteiger partial charge is 0.410 e. The largest absolute Gasteiger partial charge is 0.508 e. The second kappa shape index (κ2) is 9.37. The monoisotopic (exact) mass is 375 g/mol. The van der Waals surface area contributed by atoms with Gasteiger partial charge >= 0.3 is 6.09 Å². The lowest BCUT2D eigenvalue weighted by Crippen LogP contribution is -2.35. The van der Waals surface area contributed by atoms with Crippen LogP contribution in [0.15, 0.2) is 84.9 Å². The van der Waals surface area contributed by atoms with Gasteiger partial charge in [-0.15, -0.1) is 0 Å². The maximum absolute atomic E-state index is 12.7. The number of benzene rings is 3. The van der Waals surface area contributed by atoms with Crippen molar-refractivity contribution in [1.82, 2.24) is 4.90 Å². The highest BCUT2D eigenvalue weighted by Crippen LogP contribution is 2.13.